The Labute approximate surface area is 221 Å². The van der Waals surface area contributed by atoms with Gasteiger partial charge in [0.05, 0.1) is 29.0 Å². The summed E-state index contributed by atoms with van der Waals surface area (Å²) in [7, 11) is 1.34. The summed E-state index contributed by atoms with van der Waals surface area (Å²) < 4.78 is 6.85. The van der Waals surface area contributed by atoms with Gasteiger partial charge in [0.25, 0.3) is 16.8 Å². The summed E-state index contributed by atoms with van der Waals surface area (Å²) in [6.07, 6.45) is 3.63. The molecule has 0 radical (unpaired) electrons. The van der Waals surface area contributed by atoms with Gasteiger partial charge in [-0.15, -0.1) is 0 Å². The van der Waals surface area contributed by atoms with Crippen molar-refractivity contribution in [3.63, 3.8) is 0 Å². The second-order valence-electron chi connectivity index (χ2n) is 8.61. The first-order valence-electron chi connectivity index (χ1n) is 11.6. The SMILES string of the molecule is COC(=O)c1cccc(Cn2cc(/C=C3\SC(=O)N(Cc4ccc([N+](=O)[O-])cc4)C3=O)c3ccccc32)c1. The van der Waals surface area contributed by atoms with E-state index in [4.69, 9.17) is 4.74 Å². The largest absolute Gasteiger partial charge is 0.465 e. The maximum Gasteiger partial charge on any atom is 0.337 e. The summed E-state index contributed by atoms with van der Waals surface area (Å²) >= 11 is 0.863. The number of esters is 1. The number of carbonyl (C=O) groups excluding carboxylic acids is 3. The number of imide groups is 1. The van der Waals surface area contributed by atoms with Gasteiger partial charge in [0.1, 0.15) is 0 Å². The molecule has 3 aromatic carbocycles. The fourth-order valence-corrected chi connectivity index (χ4v) is 5.14. The molecule has 1 saturated heterocycles. The summed E-state index contributed by atoms with van der Waals surface area (Å²) in [4.78, 5) is 49.5. The highest BCUT2D eigenvalue weighted by molar-refractivity contribution is 8.18. The second-order valence-corrected chi connectivity index (χ2v) is 9.61. The summed E-state index contributed by atoms with van der Waals surface area (Å²) in [6, 6.07) is 20.7. The van der Waals surface area contributed by atoms with E-state index in [1.54, 1.807) is 24.3 Å². The van der Waals surface area contributed by atoms with Crippen LogP contribution in [0.15, 0.2) is 83.9 Å². The Kier molecular flexibility index (Phi) is 6.80. The maximum atomic E-state index is 13.1. The standard InChI is InChI=1S/C28H21N3O6S/c1-37-27(33)20-6-4-5-19(13-20)15-29-17-21(23-7-2-3-8-24(23)29)14-25-26(32)30(28(34)38-25)16-18-9-11-22(12-10-18)31(35)36/h2-14,17H,15-16H2,1H3/b25-14-. The third-order valence-corrected chi connectivity index (χ3v) is 7.08. The highest BCUT2D eigenvalue weighted by Gasteiger charge is 2.35. The van der Waals surface area contributed by atoms with Crippen molar-refractivity contribution in [3.8, 4) is 0 Å². The lowest BCUT2D eigenvalue weighted by Gasteiger charge is -2.12. The van der Waals surface area contributed by atoms with Crippen LogP contribution >= 0.6 is 11.8 Å². The molecule has 1 fully saturated rings. The van der Waals surface area contributed by atoms with Crippen LogP contribution in [0.3, 0.4) is 0 Å². The topological polar surface area (TPSA) is 112 Å². The Morgan fingerprint density at radius 2 is 1.76 bits per heavy atom. The van der Waals surface area contributed by atoms with Crippen molar-refractivity contribution in [2.45, 2.75) is 13.1 Å². The molecule has 2 amide bonds. The number of amides is 2. The molecule has 0 bridgehead atoms. The van der Waals surface area contributed by atoms with Gasteiger partial charge in [-0.2, -0.15) is 0 Å². The fourth-order valence-electron chi connectivity index (χ4n) is 4.32. The molecule has 38 heavy (non-hydrogen) atoms. The van der Waals surface area contributed by atoms with Crippen LogP contribution in [-0.4, -0.2) is 38.6 Å². The Balaban J connectivity index is 1.42. The fraction of sp³-hybridized carbons (Fsp3) is 0.107. The number of non-ortho nitro benzene ring substituents is 1. The van der Waals surface area contributed by atoms with Crippen LogP contribution in [0.1, 0.15) is 27.0 Å². The Morgan fingerprint density at radius 3 is 2.50 bits per heavy atom. The molecule has 10 heteroatoms. The average molecular weight is 528 g/mol. The number of ether oxygens (including phenoxy) is 1. The molecule has 9 nitrogen and oxygen atoms in total. The van der Waals surface area contributed by atoms with Gasteiger partial charge in [0.2, 0.25) is 0 Å². The van der Waals surface area contributed by atoms with Crippen molar-refractivity contribution in [2.75, 3.05) is 7.11 Å². The highest BCUT2D eigenvalue weighted by atomic mass is 32.2. The van der Waals surface area contributed by atoms with Gasteiger partial charge in [-0.05, 0) is 47.2 Å². The van der Waals surface area contributed by atoms with Crippen molar-refractivity contribution in [2.24, 2.45) is 0 Å². The van der Waals surface area contributed by atoms with E-state index in [1.807, 2.05) is 41.1 Å². The van der Waals surface area contributed by atoms with E-state index >= 15 is 0 Å². The second kappa shape index (κ2) is 10.3. The lowest BCUT2D eigenvalue weighted by atomic mass is 10.1. The number of para-hydroxylation sites is 1. The van der Waals surface area contributed by atoms with Crippen LogP contribution < -0.4 is 0 Å². The predicted octanol–water partition coefficient (Wildman–Crippen LogP) is 5.62. The van der Waals surface area contributed by atoms with Crippen LogP contribution in [0, 0.1) is 10.1 Å². The van der Waals surface area contributed by atoms with Crippen molar-refractivity contribution < 1.29 is 24.0 Å². The lowest BCUT2D eigenvalue weighted by molar-refractivity contribution is -0.384. The van der Waals surface area contributed by atoms with E-state index in [9.17, 15) is 24.5 Å². The summed E-state index contributed by atoms with van der Waals surface area (Å²) in [6.45, 7) is 0.513. The summed E-state index contributed by atoms with van der Waals surface area (Å²) in [5.41, 5.74) is 3.64. The number of hydrogen-bond donors (Lipinski definition) is 0. The van der Waals surface area contributed by atoms with Crippen LogP contribution in [0.5, 0.6) is 0 Å². The van der Waals surface area contributed by atoms with Gasteiger partial charge < -0.3 is 9.30 Å². The Hall–Kier alpha value is -4.70. The van der Waals surface area contributed by atoms with Gasteiger partial charge in [-0.1, -0.05) is 42.5 Å². The number of aromatic nitrogens is 1. The number of nitro benzene ring substituents is 1. The molecular weight excluding hydrogens is 506 g/mol. The number of benzene rings is 3. The first-order chi connectivity index (χ1) is 18.3. The quantitative estimate of drug-likeness (QED) is 0.133. The molecule has 1 aliphatic rings. The number of nitrogens with zero attached hydrogens (tertiary/aromatic N) is 3. The van der Waals surface area contributed by atoms with Crippen molar-refractivity contribution in [3.05, 3.63) is 116 Å². The van der Waals surface area contributed by atoms with Crippen LogP contribution in [0.25, 0.3) is 17.0 Å². The maximum absolute atomic E-state index is 13.1. The van der Waals surface area contributed by atoms with Crippen LogP contribution in [-0.2, 0) is 22.6 Å². The number of fused-ring (bicyclic) bond motifs is 1. The van der Waals surface area contributed by atoms with Crippen molar-refractivity contribution >= 4 is 51.5 Å². The molecule has 0 aliphatic carbocycles. The zero-order valence-corrected chi connectivity index (χ0v) is 21.0. The van der Waals surface area contributed by atoms with Crippen LogP contribution in [0.4, 0.5) is 10.5 Å². The molecule has 5 rings (SSSR count). The van der Waals surface area contributed by atoms with E-state index in [2.05, 4.69) is 0 Å². The van der Waals surface area contributed by atoms with Gasteiger partial charge >= 0.3 is 5.97 Å². The zero-order chi connectivity index (χ0) is 26.8. The molecular formula is C28H21N3O6S. The highest BCUT2D eigenvalue weighted by Crippen LogP contribution is 2.35. The third-order valence-electron chi connectivity index (χ3n) is 6.17. The average Bonchev–Trinajstić information content (AvgIpc) is 3.40. The van der Waals surface area contributed by atoms with E-state index in [1.165, 1.54) is 31.4 Å². The first-order valence-corrected chi connectivity index (χ1v) is 12.4. The molecule has 1 aliphatic heterocycles. The third kappa shape index (κ3) is 4.94. The van der Waals surface area contributed by atoms with E-state index < -0.39 is 22.0 Å². The lowest BCUT2D eigenvalue weighted by Crippen LogP contribution is -2.27. The minimum absolute atomic E-state index is 0.0261. The molecule has 0 saturated carbocycles. The number of methoxy groups -OCH3 is 1. The monoisotopic (exact) mass is 527 g/mol. The van der Waals surface area contributed by atoms with E-state index in [0.717, 1.165) is 38.7 Å². The number of thioether (sulfide) groups is 1. The van der Waals surface area contributed by atoms with E-state index in [-0.39, 0.29) is 12.2 Å². The predicted molar refractivity (Wildman–Crippen MR) is 143 cm³/mol. The molecule has 0 atom stereocenters. The molecule has 0 unspecified atom stereocenters. The van der Waals surface area contributed by atoms with Gasteiger partial charge in [0.15, 0.2) is 0 Å². The van der Waals surface area contributed by atoms with Gasteiger partial charge in [-0.25, -0.2) is 4.79 Å². The van der Waals surface area contributed by atoms with E-state index in [0.29, 0.717) is 22.6 Å². The first kappa shape index (κ1) is 25.0. The molecule has 190 valence electrons. The van der Waals surface area contributed by atoms with Crippen LogP contribution in [0.2, 0.25) is 0 Å². The normalized spacial score (nSPS) is 14.4. The Morgan fingerprint density at radius 1 is 1.00 bits per heavy atom. The van der Waals surface area contributed by atoms with Gasteiger partial charge in [-0.3, -0.25) is 24.6 Å². The zero-order valence-electron chi connectivity index (χ0n) is 20.2. The molecule has 0 spiro atoms. The number of carbonyl (C=O) groups is 3. The molecule has 0 N–H and O–H groups in total. The minimum atomic E-state index is -0.501. The molecule has 4 aromatic rings. The number of nitro groups is 1. The summed E-state index contributed by atoms with van der Waals surface area (Å²) in [5, 5.41) is 11.4. The minimum Gasteiger partial charge on any atom is -0.465 e. The summed E-state index contributed by atoms with van der Waals surface area (Å²) in [5.74, 6) is -0.824. The number of hydrogen-bond acceptors (Lipinski definition) is 7. The van der Waals surface area contributed by atoms with Crippen molar-refractivity contribution in [1.29, 1.82) is 0 Å². The number of rotatable bonds is 7. The smallest absolute Gasteiger partial charge is 0.337 e. The molecule has 1 aromatic heterocycles. The van der Waals surface area contributed by atoms with Gasteiger partial charge in [0, 0.05) is 41.3 Å². The molecule has 2 heterocycles. The van der Waals surface area contributed by atoms with Crippen molar-refractivity contribution in [1.82, 2.24) is 9.47 Å². The Bertz CT molecular complexity index is 1620.